The molecule has 1 heterocycles. The molecule has 1 aromatic carbocycles. The molecule has 0 aliphatic carbocycles. The van der Waals surface area contributed by atoms with E-state index in [1.165, 1.54) is 0 Å². The molecule has 2 aromatic rings. The van der Waals surface area contributed by atoms with Crippen LogP contribution in [0.3, 0.4) is 0 Å². The molecular formula is C17H20BrN3O. The number of amides is 1. The lowest BCUT2D eigenvalue weighted by Gasteiger charge is -2.09. The molecule has 0 atom stereocenters. The maximum absolute atomic E-state index is 11.9. The second kappa shape index (κ2) is 7.40. The van der Waals surface area contributed by atoms with E-state index in [1.54, 1.807) is 12.3 Å². The van der Waals surface area contributed by atoms with Crippen LogP contribution in [0.15, 0.2) is 41.0 Å². The van der Waals surface area contributed by atoms with Gasteiger partial charge < -0.3 is 10.6 Å². The van der Waals surface area contributed by atoms with Gasteiger partial charge in [0.15, 0.2) is 0 Å². The van der Waals surface area contributed by atoms with Crippen LogP contribution < -0.4 is 10.6 Å². The first-order valence-corrected chi connectivity index (χ1v) is 8.02. The van der Waals surface area contributed by atoms with Gasteiger partial charge in [-0.05, 0) is 48.7 Å². The predicted octanol–water partition coefficient (Wildman–Crippen LogP) is 4.28. The van der Waals surface area contributed by atoms with Gasteiger partial charge in [0.25, 0.3) is 5.91 Å². The van der Waals surface area contributed by atoms with Crippen molar-refractivity contribution in [3.05, 3.63) is 52.1 Å². The zero-order valence-corrected chi connectivity index (χ0v) is 14.6. The molecule has 0 unspecified atom stereocenters. The molecule has 116 valence electrons. The van der Waals surface area contributed by atoms with E-state index in [0.29, 0.717) is 23.8 Å². The number of anilines is 2. The number of nitrogens with one attached hydrogen (secondary N) is 2. The lowest BCUT2D eigenvalue weighted by molar-refractivity contribution is 0.0948. The summed E-state index contributed by atoms with van der Waals surface area (Å²) in [5.41, 5.74) is 2.68. The van der Waals surface area contributed by atoms with Crippen molar-refractivity contribution < 1.29 is 4.79 Å². The zero-order valence-electron chi connectivity index (χ0n) is 13.0. The van der Waals surface area contributed by atoms with E-state index < -0.39 is 0 Å². The van der Waals surface area contributed by atoms with Crippen molar-refractivity contribution >= 4 is 33.3 Å². The summed E-state index contributed by atoms with van der Waals surface area (Å²) in [6.07, 6.45) is 1.59. The van der Waals surface area contributed by atoms with E-state index in [4.69, 9.17) is 0 Å². The largest absolute Gasteiger partial charge is 0.352 e. The highest BCUT2D eigenvalue weighted by atomic mass is 79.9. The molecule has 2 rings (SSSR count). The number of carbonyl (C=O) groups excluding carboxylic acids is 1. The van der Waals surface area contributed by atoms with Crippen molar-refractivity contribution in [1.82, 2.24) is 10.3 Å². The molecule has 22 heavy (non-hydrogen) atoms. The number of pyridine rings is 1. The number of aryl methyl sites for hydroxylation is 1. The van der Waals surface area contributed by atoms with Crippen molar-refractivity contribution in [2.24, 2.45) is 5.92 Å². The van der Waals surface area contributed by atoms with E-state index in [-0.39, 0.29) is 5.91 Å². The molecule has 5 heteroatoms. The number of benzene rings is 1. The fraction of sp³-hybridized carbons (Fsp3) is 0.294. The molecule has 0 saturated carbocycles. The fourth-order valence-electron chi connectivity index (χ4n) is 1.87. The van der Waals surface area contributed by atoms with Gasteiger partial charge in [-0.1, -0.05) is 29.8 Å². The Balaban J connectivity index is 2.02. The number of halogens is 1. The van der Waals surface area contributed by atoms with E-state index in [2.05, 4.69) is 45.4 Å². The van der Waals surface area contributed by atoms with Gasteiger partial charge in [-0.3, -0.25) is 4.79 Å². The Bertz CT molecular complexity index is 653. The van der Waals surface area contributed by atoms with E-state index >= 15 is 0 Å². The second-order valence-corrected chi connectivity index (χ2v) is 6.48. The molecule has 0 bridgehead atoms. The minimum atomic E-state index is -0.0905. The number of aromatic nitrogens is 1. The minimum absolute atomic E-state index is 0.0905. The van der Waals surface area contributed by atoms with E-state index in [0.717, 1.165) is 15.7 Å². The average Bonchev–Trinajstić information content (AvgIpc) is 2.49. The summed E-state index contributed by atoms with van der Waals surface area (Å²) in [4.78, 5) is 16.2. The standard InChI is InChI=1S/C17H20BrN3O/c1-11(2)9-20-17(22)13-4-7-16(19-10-13)21-14-5-6-15(18)12(3)8-14/h4-8,10-11H,9H2,1-3H3,(H,19,21)(H,20,22). The van der Waals surface area contributed by atoms with Gasteiger partial charge >= 0.3 is 0 Å². The van der Waals surface area contributed by atoms with Crippen LogP contribution >= 0.6 is 15.9 Å². The normalized spacial score (nSPS) is 10.6. The van der Waals surface area contributed by atoms with Crippen molar-refractivity contribution in [1.29, 1.82) is 0 Å². The number of hydrogen-bond acceptors (Lipinski definition) is 3. The molecule has 0 fully saturated rings. The molecule has 0 radical (unpaired) electrons. The van der Waals surface area contributed by atoms with Crippen LogP contribution in [-0.2, 0) is 0 Å². The quantitative estimate of drug-likeness (QED) is 0.835. The highest BCUT2D eigenvalue weighted by Crippen LogP contribution is 2.22. The lowest BCUT2D eigenvalue weighted by atomic mass is 10.2. The Morgan fingerprint density at radius 3 is 2.64 bits per heavy atom. The van der Waals surface area contributed by atoms with Gasteiger partial charge in [-0.2, -0.15) is 0 Å². The van der Waals surface area contributed by atoms with Gasteiger partial charge in [0.2, 0.25) is 0 Å². The Kier molecular flexibility index (Phi) is 5.55. The maximum Gasteiger partial charge on any atom is 0.252 e. The van der Waals surface area contributed by atoms with Gasteiger partial charge in [0, 0.05) is 22.9 Å². The van der Waals surface area contributed by atoms with E-state index in [9.17, 15) is 4.79 Å². The third-order valence-corrected chi connectivity index (χ3v) is 4.02. The summed E-state index contributed by atoms with van der Waals surface area (Å²) in [7, 11) is 0. The Morgan fingerprint density at radius 2 is 2.05 bits per heavy atom. The fourth-order valence-corrected chi connectivity index (χ4v) is 2.12. The number of rotatable bonds is 5. The van der Waals surface area contributed by atoms with Crippen molar-refractivity contribution in [3.63, 3.8) is 0 Å². The summed E-state index contributed by atoms with van der Waals surface area (Å²) in [5, 5.41) is 6.10. The molecule has 0 saturated heterocycles. The van der Waals surface area contributed by atoms with Crippen LogP contribution in [-0.4, -0.2) is 17.4 Å². The molecule has 0 aliphatic rings. The molecule has 0 spiro atoms. The Hall–Kier alpha value is -1.88. The first kappa shape index (κ1) is 16.5. The predicted molar refractivity (Wildman–Crippen MR) is 93.6 cm³/mol. The number of carbonyl (C=O) groups is 1. The van der Waals surface area contributed by atoms with Gasteiger partial charge in [0.05, 0.1) is 5.56 Å². The molecule has 4 nitrogen and oxygen atoms in total. The van der Waals surface area contributed by atoms with Crippen LogP contribution in [0, 0.1) is 12.8 Å². The van der Waals surface area contributed by atoms with Crippen LogP contribution in [0.4, 0.5) is 11.5 Å². The highest BCUT2D eigenvalue weighted by Gasteiger charge is 2.07. The van der Waals surface area contributed by atoms with E-state index in [1.807, 2.05) is 31.2 Å². The number of hydrogen-bond donors (Lipinski definition) is 2. The molecule has 1 aromatic heterocycles. The molecule has 1 amide bonds. The molecule has 0 aliphatic heterocycles. The minimum Gasteiger partial charge on any atom is -0.352 e. The smallest absolute Gasteiger partial charge is 0.252 e. The van der Waals surface area contributed by atoms with Gasteiger partial charge in [-0.15, -0.1) is 0 Å². The first-order chi connectivity index (χ1) is 10.5. The zero-order chi connectivity index (χ0) is 16.1. The summed E-state index contributed by atoms with van der Waals surface area (Å²) in [6, 6.07) is 9.58. The van der Waals surface area contributed by atoms with Crippen molar-refractivity contribution in [2.75, 3.05) is 11.9 Å². The summed E-state index contributed by atoms with van der Waals surface area (Å²) in [6.45, 7) is 6.82. The number of nitrogens with zero attached hydrogens (tertiary/aromatic N) is 1. The Labute approximate surface area is 139 Å². The van der Waals surface area contributed by atoms with Crippen LogP contribution in [0.25, 0.3) is 0 Å². The molecular weight excluding hydrogens is 342 g/mol. The lowest BCUT2D eigenvalue weighted by Crippen LogP contribution is -2.27. The van der Waals surface area contributed by atoms with Gasteiger partial charge in [0.1, 0.15) is 5.82 Å². The summed E-state index contributed by atoms with van der Waals surface area (Å²) >= 11 is 3.48. The highest BCUT2D eigenvalue weighted by molar-refractivity contribution is 9.10. The maximum atomic E-state index is 11.9. The van der Waals surface area contributed by atoms with Crippen molar-refractivity contribution in [3.8, 4) is 0 Å². The Morgan fingerprint density at radius 1 is 1.27 bits per heavy atom. The van der Waals surface area contributed by atoms with Crippen LogP contribution in [0.2, 0.25) is 0 Å². The van der Waals surface area contributed by atoms with Crippen LogP contribution in [0.1, 0.15) is 29.8 Å². The van der Waals surface area contributed by atoms with Crippen molar-refractivity contribution in [2.45, 2.75) is 20.8 Å². The first-order valence-electron chi connectivity index (χ1n) is 7.23. The SMILES string of the molecule is Cc1cc(Nc2ccc(C(=O)NCC(C)C)cn2)ccc1Br. The van der Waals surface area contributed by atoms with Gasteiger partial charge in [-0.25, -0.2) is 4.98 Å². The summed E-state index contributed by atoms with van der Waals surface area (Å²) < 4.78 is 1.07. The third kappa shape index (κ3) is 4.56. The monoisotopic (exact) mass is 361 g/mol. The molecule has 2 N–H and O–H groups in total. The third-order valence-electron chi connectivity index (χ3n) is 3.13. The average molecular weight is 362 g/mol. The summed E-state index contributed by atoms with van der Waals surface area (Å²) in [5.74, 6) is 1.05. The van der Waals surface area contributed by atoms with Crippen LogP contribution in [0.5, 0.6) is 0 Å². The topological polar surface area (TPSA) is 54.0 Å². The second-order valence-electron chi connectivity index (χ2n) is 5.62.